The summed E-state index contributed by atoms with van der Waals surface area (Å²) in [6.07, 6.45) is 1.70. The van der Waals surface area contributed by atoms with Gasteiger partial charge in [0, 0.05) is 19.3 Å². The molecule has 1 heterocycles. The second kappa shape index (κ2) is 6.98. The standard InChI is InChI=1S/C15H17N3OS/c16-14(20)13-7-4-8-17-15(13)18(9-10-19)11-12-5-2-1-3-6-12/h1-8,19H,9-11H2,(H2,16,20). The van der Waals surface area contributed by atoms with Crippen molar-refractivity contribution in [1.82, 2.24) is 4.98 Å². The summed E-state index contributed by atoms with van der Waals surface area (Å²) in [6, 6.07) is 13.7. The van der Waals surface area contributed by atoms with Gasteiger partial charge in [0.1, 0.15) is 10.8 Å². The third-order valence-electron chi connectivity index (χ3n) is 2.94. The van der Waals surface area contributed by atoms with Crippen molar-refractivity contribution >= 4 is 23.0 Å². The van der Waals surface area contributed by atoms with Crippen molar-refractivity contribution in [2.45, 2.75) is 6.54 Å². The van der Waals surface area contributed by atoms with Crippen LogP contribution in [0.15, 0.2) is 48.7 Å². The van der Waals surface area contributed by atoms with Crippen LogP contribution in [0.1, 0.15) is 11.1 Å². The number of hydrogen-bond acceptors (Lipinski definition) is 4. The number of thiocarbonyl (C=S) groups is 1. The summed E-state index contributed by atoms with van der Waals surface area (Å²) in [7, 11) is 0. The van der Waals surface area contributed by atoms with Gasteiger partial charge in [0.15, 0.2) is 0 Å². The van der Waals surface area contributed by atoms with E-state index in [4.69, 9.17) is 18.0 Å². The average Bonchev–Trinajstić information content (AvgIpc) is 2.48. The summed E-state index contributed by atoms with van der Waals surface area (Å²) < 4.78 is 0. The molecule has 0 bridgehead atoms. The van der Waals surface area contributed by atoms with E-state index in [0.29, 0.717) is 23.9 Å². The molecule has 0 aliphatic carbocycles. The van der Waals surface area contributed by atoms with Crippen LogP contribution in [-0.2, 0) is 6.54 Å². The third kappa shape index (κ3) is 3.53. The van der Waals surface area contributed by atoms with Gasteiger partial charge in [0.05, 0.1) is 12.2 Å². The lowest BCUT2D eigenvalue weighted by atomic mass is 10.2. The topological polar surface area (TPSA) is 62.4 Å². The Bertz CT molecular complexity index is 574. The lowest BCUT2D eigenvalue weighted by Gasteiger charge is -2.25. The molecular formula is C15H17N3OS. The van der Waals surface area contributed by atoms with Crippen LogP contribution in [-0.4, -0.2) is 28.2 Å². The molecule has 0 radical (unpaired) electrons. The van der Waals surface area contributed by atoms with E-state index in [1.807, 2.05) is 41.3 Å². The number of aromatic nitrogens is 1. The highest BCUT2D eigenvalue weighted by Gasteiger charge is 2.14. The van der Waals surface area contributed by atoms with Gasteiger partial charge in [-0.2, -0.15) is 0 Å². The molecule has 2 rings (SSSR count). The molecule has 0 atom stereocenters. The molecule has 0 spiro atoms. The summed E-state index contributed by atoms with van der Waals surface area (Å²) in [5, 5.41) is 9.27. The van der Waals surface area contributed by atoms with E-state index in [9.17, 15) is 5.11 Å². The Labute approximate surface area is 123 Å². The summed E-state index contributed by atoms with van der Waals surface area (Å²) >= 11 is 5.07. The second-order valence-electron chi connectivity index (χ2n) is 4.37. The number of nitrogens with two attached hydrogens (primary N) is 1. The Balaban J connectivity index is 2.31. The van der Waals surface area contributed by atoms with Gasteiger partial charge in [-0.25, -0.2) is 4.98 Å². The molecular weight excluding hydrogens is 270 g/mol. The summed E-state index contributed by atoms with van der Waals surface area (Å²) in [5.74, 6) is 0.706. The van der Waals surface area contributed by atoms with Crippen LogP contribution in [0, 0.1) is 0 Å². The van der Waals surface area contributed by atoms with Crippen LogP contribution in [0.4, 0.5) is 5.82 Å². The molecule has 0 amide bonds. The van der Waals surface area contributed by atoms with E-state index in [-0.39, 0.29) is 6.61 Å². The molecule has 104 valence electrons. The van der Waals surface area contributed by atoms with Crippen LogP contribution in [0.3, 0.4) is 0 Å². The van der Waals surface area contributed by atoms with Crippen LogP contribution in [0.25, 0.3) is 0 Å². The van der Waals surface area contributed by atoms with Crippen molar-refractivity contribution in [3.8, 4) is 0 Å². The van der Waals surface area contributed by atoms with Crippen molar-refractivity contribution < 1.29 is 5.11 Å². The number of nitrogens with zero attached hydrogens (tertiary/aromatic N) is 2. The van der Waals surface area contributed by atoms with Crippen LogP contribution in [0.5, 0.6) is 0 Å². The quantitative estimate of drug-likeness (QED) is 0.792. The maximum Gasteiger partial charge on any atom is 0.139 e. The predicted octanol–water partition coefficient (Wildman–Crippen LogP) is 1.71. The van der Waals surface area contributed by atoms with Crippen molar-refractivity contribution in [1.29, 1.82) is 0 Å². The molecule has 3 N–H and O–H groups in total. The van der Waals surface area contributed by atoms with Crippen LogP contribution >= 0.6 is 12.2 Å². The van der Waals surface area contributed by atoms with E-state index < -0.39 is 0 Å². The SMILES string of the molecule is NC(=S)c1cccnc1N(CCO)Cc1ccccc1. The molecule has 1 aromatic heterocycles. The molecule has 2 aromatic rings. The van der Waals surface area contributed by atoms with Gasteiger partial charge in [0.25, 0.3) is 0 Å². The molecule has 4 nitrogen and oxygen atoms in total. The van der Waals surface area contributed by atoms with Crippen molar-refractivity contribution in [3.63, 3.8) is 0 Å². The number of aliphatic hydroxyl groups excluding tert-OH is 1. The molecule has 0 aliphatic heterocycles. The third-order valence-corrected chi connectivity index (χ3v) is 3.16. The number of rotatable bonds is 6. The molecule has 0 saturated heterocycles. The normalized spacial score (nSPS) is 10.2. The fraction of sp³-hybridized carbons (Fsp3) is 0.200. The van der Waals surface area contributed by atoms with Crippen molar-refractivity contribution in [2.75, 3.05) is 18.1 Å². The molecule has 1 aromatic carbocycles. The zero-order valence-electron chi connectivity index (χ0n) is 11.1. The van der Waals surface area contributed by atoms with E-state index in [1.165, 1.54) is 0 Å². The van der Waals surface area contributed by atoms with E-state index in [1.54, 1.807) is 12.3 Å². The van der Waals surface area contributed by atoms with Gasteiger partial charge in [-0.15, -0.1) is 0 Å². The first kappa shape index (κ1) is 14.4. The fourth-order valence-electron chi connectivity index (χ4n) is 2.03. The Morgan fingerprint density at radius 1 is 1.20 bits per heavy atom. The number of pyridine rings is 1. The highest BCUT2D eigenvalue weighted by atomic mass is 32.1. The van der Waals surface area contributed by atoms with Gasteiger partial charge in [-0.05, 0) is 17.7 Å². The van der Waals surface area contributed by atoms with Gasteiger partial charge >= 0.3 is 0 Å². The Morgan fingerprint density at radius 3 is 2.60 bits per heavy atom. The number of aliphatic hydroxyl groups is 1. The minimum absolute atomic E-state index is 0.0418. The molecule has 0 fully saturated rings. The average molecular weight is 287 g/mol. The van der Waals surface area contributed by atoms with Gasteiger partial charge in [-0.1, -0.05) is 42.5 Å². The maximum absolute atomic E-state index is 9.27. The Morgan fingerprint density at radius 2 is 1.95 bits per heavy atom. The van der Waals surface area contributed by atoms with Crippen molar-refractivity contribution in [2.24, 2.45) is 5.73 Å². The second-order valence-corrected chi connectivity index (χ2v) is 4.81. The highest BCUT2D eigenvalue weighted by molar-refractivity contribution is 7.80. The Hall–Kier alpha value is -1.98. The van der Waals surface area contributed by atoms with E-state index in [0.717, 1.165) is 11.1 Å². The largest absolute Gasteiger partial charge is 0.395 e. The fourth-order valence-corrected chi connectivity index (χ4v) is 2.18. The van der Waals surface area contributed by atoms with E-state index >= 15 is 0 Å². The van der Waals surface area contributed by atoms with Gasteiger partial charge in [0.2, 0.25) is 0 Å². The zero-order chi connectivity index (χ0) is 14.4. The highest BCUT2D eigenvalue weighted by Crippen LogP contribution is 2.19. The predicted molar refractivity (Wildman–Crippen MR) is 84.7 cm³/mol. The Kier molecular flexibility index (Phi) is 5.03. The lowest BCUT2D eigenvalue weighted by molar-refractivity contribution is 0.301. The minimum atomic E-state index is 0.0418. The zero-order valence-corrected chi connectivity index (χ0v) is 11.9. The molecule has 0 saturated carbocycles. The monoisotopic (exact) mass is 287 g/mol. The molecule has 20 heavy (non-hydrogen) atoms. The van der Waals surface area contributed by atoms with Gasteiger partial charge in [-0.3, -0.25) is 0 Å². The lowest BCUT2D eigenvalue weighted by Crippen LogP contribution is -2.29. The number of anilines is 1. The van der Waals surface area contributed by atoms with Crippen LogP contribution < -0.4 is 10.6 Å². The van der Waals surface area contributed by atoms with Gasteiger partial charge < -0.3 is 15.7 Å². The first-order valence-corrected chi connectivity index (χ1v) is 6.77. The first-order chi connectivity index (χ1) is 9.72. The van der Waals surface area contributed by atoms with E-state index in [2.05, 4.69) is 4.98 Å². The number of benzene rings is 1. The summed E-state index contributed by atoms with van der Waals surface area (Å²) in [6.45, 7) is 1.16. The smallest absolute Gasteiger partial charge is 0.139 e. The maximum atomic E-state index is 9.27. The van der Waals surface area contributed by atoms with Crippen molar-refractivity contribution in [3.05, 3.63) is 59.8 Å². The molecule has 0 unspecified atom stereocenters. The molecule has 0 aliphatic rings. The first-order valence-electron chi connectivity index (χ1n) is 6.37. The molecule has 5 heteroatoms. The number of hydrogen-bond donors (Lipinski definition) is 2. The van der Waals surface area contributed by atoms with Crippen LogP contribution in [0.2, 0.25) is 0 Å². The summed E-state index contributed by atoms with van der Waals surface area (Å²) in [4.78, 5) is 6.65. The summed E-state index contributed by atoms with van der Waals surface area (Å²) in [5.41, 5.74) is 7.61. The minimum Gasteiger partial charge on any atom is -0.395 e.